The summed E-state index contributed by atoms with van der Waals surface area (Å²) in [5, 5.41) is 9.35. The standard InChI is InChI=1S/C11H9ClN2O2/c12-9-3-10(6-13-5-9)16-11-2-1-8(7-15)4-14-11/h1-6,15H,7H2. The van der Waals surface area contributed by atoms with Crippen LogP contribution >= 0.6 is 11.6 Å². The zero-order valence-electron chi connectivity index (χ0n) is 8.30. The minimum atomic E-state index is -0.0357. The largest absolute Gasteiger partial charge is 0.437 e. The summed E-state index contributed by atoms with van der Waals surface area (Å²) < 4.78 is 5.42. The van der Waals surface area contributed by atoms with Gasteiger partial charge in [0.2, 0.25) is 5.88 Å². The highest BCUT2D eigenvalue weighted by Gasteiger charge is 2.00. The highest BCUT2D eigenvalue weighted by molar-refractivity contribution is 6.30. The van der Waals surface area contributed by atoms with Crippen molar-refractivity contribution < 1.29 is 9.84 Å². The maximum absolute atomic E-state index is 8.85. The molecule has 0 amide bonds. The van der Waals surface area contributed by atoms with E-state index in [1.54, 1.807) is 30.6 Å². The summed E-state index contributed by atoms with van der Waals surface area (Å²) in [6.07, 6.45) is 4.62. The van der Waals surface area contributed by atoms with Crippen LogP contribution in [0, 0.1) is 0 Å². The first-order valence-corrected chi connectivity index (χ1v) is 5.00. The first-order chi connectivity index (χ1) is 7.78. The minimum absolute atomic E-state index is 0.0357. The van der Waals surface area contributed by atoms with Crippen LogP contribution in [0.15, 0.2) is 36.8 Å². The second-order valence-corrected chi connectivity index (χ2v) is 3.54. The molecule has 2 aromatic heterocycles. The molecule has 16 heavy (non-hydrogen) atoms. The maximum Gasteiger partial charge on any atom is 0.219 e. The van der Waals surface area contributed by atoms with Crippen LogP contribution in [-0.4, -0.2) is 15.1 Å². The lowest BCUT2D eigenvalue weighted by Gasteiger charge is -2.04. The molecule has 4 nitrogen and oxygen atoms in total. The van der Waals surface area contributed by atoms with Gasteiger partial charge in [0.15, 0.2) is 0 Å². The Kier molecular flexibility index (Phi) is 3.34. The smallest absolute Gasteiger partial charge is 0.219 e. The molecule has 0 saturated heterocycles. The molecule has 0 fully saturated rings. The van der Waals surface area contributed by atoms with E-state index in [1.165, 1.54) is 6.20 Å². The summed E-state index contributed by atoms with van der Waals surface area (Å²) in [6.45, 7) is -0.0357. The number of ether oxygens (including phenoxy) is 1. The molecule has 2 rings (SSSR count). The van der Waals surface area contributed by atoms with Crippen molar-refractivity contribution in [2.75, 3.05) is 0 Å². The van der Waals surface area contributed by atoms with E-state index in [0.717, 1.165) is 5.56 Å². The Bertz CT molecular complexity index is 474. The number of aromatic nitrogens is 2. The van der Waals surface area contributed by atoms with E-state index in [0.29, 0.717) is 16.7 Å². The number of aliphatic hydroxyl groups excluding tert-OH is 1. The van der Waals surface area contributed by atoms with Gasteiger partial charge in [0.25, 0.3) is 0 Å². The van der Waals surface area contributed by atoms with E-state index in [1.807, 2.05) is 0 Å². The second kappa shape index (κ2) is 4.92. The van der Waals surface area contributed by atoms with Gasteiger partial charge in [0.1, 0.15) is 5.75 Å². The molecule has 2 heterocycles. The average Bonchev–Trinajstić information content (AvgIpc) is 2.30. The summed E-state index contributed by atoms with van der Waals surface area (Å²) in [5.41, 5.74) is 0.733. The topological polar surface area (TPSA) is 55.2 Å². The van der Waals surface area contributed by atoms with Crippen LogP contribution in [0.1, 0.15) is 5.56 Å². The zero-order chi connectivity index (χ0) is 11.4. The first kappa shape index (κ1) is 10.9. The lowest BCUT2D eigenvalue weighted by molar-refractivity contribution is 0.281. The summed E-state index contributed by atoms with van der Waals surface area (Å²) in [4.78, 5) is 7.91. The Hall–Kier alpha value is -1.65. The van der Waals surface area contributed by atoms with E-state index >= 15 is 0 Å². The van der Waals surface area contributed by atoms with Crippen molar-refractivity contribution in [3.8, 4) is 11.6 Å². The molecule has 0 atom stereocenters. The normalized spacial score (nSPS) is 10.1. The third-order valence-corrected chi connectivity index (χ3v) is 2.09. The van der Waals surface area contributed by atoms with Crippen molar-refractivity contribution in [1.29, 1.82) is 0 Å². The number of pyridine rings is 2. The third-order valence-electron chi connectivity index (χ3n) is 1.88. The van der Waals surface area contributed by atoms with Gasteiger partial charge in [-0.05, 0) is 11.6 Å². The van der Waals surface area contributed by atoms with Crippen LogP contribution < -0.4 is 4.74 Å². The zero-order valence-corrected chi connectivity index (χ0v) is 9.05. The van der Waals surface area contributed by atoms with E-state index < -0.39 is 0 Å². The fraction of sp³-hybridized carbons (Fsp3) is 0.0909. The number of hydrogen-bond donors (Lipinski definition) is 1. The minimum Gasteiger partial charge on any atom is -0.437 e. The van der Waals surface area contributed by atoms with Crippen LogP contribution in [0.2, 0.25) is 5.02 Å². The molecule has 0 aliphatic carbocycles. The highest BCUT2D eigenvalue weighted by atomic mass is 35.5. The quantitative estimate of drug-likeness (QED) is 0.889. The number of halogens is 1. The predicted molar refractivity (Wildman–Crippen MR) is 59.5 cm³/mol. The molecule has 2 aromatic rings. The molecule has 0 aliphatic heterocycles. The summed E-state index contributed by atoms with van der Waals surface area (Å²) in [7, 11) is 0. The Morgan fingerprint density at radius 2 is 2.12 bits per heavy atom. The number of rotatable bonds is 3. The fourth-order valence-corrected chi connectivity index (χ4v) is 1.30. The predicted octanol–water partition coefficient (Wildman–Crippen LogP) is 2.41. The van der Waals surface area contributed by atoms with Gasteiger partial charge in [-0.2, -0.15) is 0 Å². The molecule has 0 radical (unpaired) electrons. The molecule has 5 heteroatoms. The van der Waals surface area contributed by atoms with Crippen molar-refractivity contribution >= 4 is 11.6 Å². The van der Waals surface area contributed by atoms with Crippen molar-refractivity contribution in [2.45, 2.75) is 6.61 Å². The van der Waals surface area contributed by atoms with Gasteiger partial charge in [-0.15, -0.1) is 0 Å². The third kappa shape index (κ3) is 2.68. The molecule has 0 aromatic carbocycles. The SMILES string of the molecule is OCc1ccc(Oc2cncc(Cl)c2)nc1. The van der Waals surface area contributed by atoms with E-state index in [2.05, 4.69) is 9.97 Å². The van der Waals surface area contributed by atoms with Crippen molar-refractivity contribution in [2.24, 2.45) is 0 Å². The van der Waals surface area contributed by atoms with Gasteiger partial charge in [-0.3, -0.25) is 4.98 Å². The molecule has 1 N–H and O–H groups in total. The molecule has 0 aliphatic rings. The lowest BCUT2D eigenvalue weighted by Crippen LogP contribution is -1.90. The van der Waals surface area contributed by atoms with Gasteiger partial charge < -0.3 is 9.84 Å². The summed E-state index contributed by atoms with van der Waals surface area (Å²) in [6, 6.07) is 5.06. The second-order valence-electron chi connectivity index (χ2n) is 3.10. The van der Waals surface area contributed by atoms with Crippen molar-refractivity contribution in [3.05, 3.63) is 47.4 Å². The van der Waals surface area contributed by atoms with Crippen LogP contribution in [0.3, 0.4) is 0 Å². The number of hydrogen-bond acceptors (Lipinski definition) is 4. The number of nitrogens with zero attached hydrogens (tertiary/aromatic N) is 2. The Labute approximate surface area is 97.5 Å². The summed E-state index contributed by atoms with van der Waals surface area (Å²) in [5.74, 6) is 0.956. The molecule has 0 bridgehead atoms. The number of aliphatic hydroxyl groups is 1. The Balaban J connectivity index is 2.14. The van der Waals surface area contributed by atoms with Gasteiger partial charge in [-0.25, -0.2) is 4.98 Å². The van der Waals surface area contributed by atoms with Crippen LogP contribution in [0.25, 0.3) is 0 Å². The van der Waals surface area contributed by atoms with E-state index in [-0.39, 0.29) is 6.61 Å². The van der Waals surface area contributed by atoms with Gasteiger partial charge in [-0.1, -0.05) is 11.6 Å². The van der Waals surface area contributed by atoms with Crippen LogP contribution in [0.4, 0.5) is 0 Å². The molecule has 0 spiro atoms. The highest BCUT2D eigenvalue weighted by Crippen LogP contribution is 2.21. The first-order valence-electron chi connectivity index (χ1n) is 4.62. The molecule has 0 unspecified atom stereocenters. The van der Waals surface area contributed by atoms with Gasteiger partial charge in [0, 0.05) is 24.5 Å². The maximum atomic E-state index is 8.85. The summed E-state index contributed by atoms with van der Waals surface area (Å²) >= 11 is 5.76. The Morgan fingerprint density at radius 1 is 1.25 bits per heavy atom. The molecular weight excluding hydrogens is 228 g/mol. The van der Waals surface area contributed by atoms with Gasteiger partial charge in [0.05, 0.1) is 17.8 Å². The lowest BCUT2D eigenvalue weighted by atomic mass is 10.3. The van der Waals surface area contributed by atoms with Crippen molar-refractivity contribution in [3.63, 3.8) is 0 Å². The monoisotopic (exact) mass is 236 g/mol. The molecular formula is C11H9ClN2O2. The fourth-order valence-electron chi connectivity index (χ4n) is 1.13. The molecule has 0 saturated carbocycles. The van der Waals surface area contributed by atoms with Crippen LogP contribution in [0.5, 0.6) is 11.6 Å². The molecule has 82 valence electrons. The van der Waals surface area contributed by atoms with E-state index in [4.69, 9.17) is 21.4 Å². The van der Waals surface area contributed by atoms with Gasteiger partial charge >= 0.3 is 0 Å². The van der Waals surface area contributed by atoms with E-state index in [9.17, 15) is 0 Å². The average molecular weight is 237 g/mol. The van der Waals surface area contributed by atoms with Crippen molar-refractivity contribution in [1.82, 2.24) is 9.97 Å². The Morgan fingerprint density at radius 3 is 2.75 bits per heavy atom. The van der Waals surface area contributed by atoms with Crippen LogP contribution in [-0.2, 0) is 6.61 Å².